The summed E-state index contributed by atoms with van der Waals surface area (Å²) < 4.78 is 0. The molecule has 4 heteroatoms. The molecule has 0 aromatic heterocycles. The molecule has 0 aliphatic rings. The topological polar surface area (TPSA) is 41.1 Å². The van der Waals surface area contributed by atoms with Gasteiger partial charge in [0.1, 0.15) is 0 Å². The Balaban J connectivity index is 1.97. The fourth-order valence-corrected chi connectivity index (χ4v) is 3.04. The number of thiocarbonyl (C=S) groups is 1. The normalized spacial score (nSPS) is 11.9. The Bertz CT molecular complexity index is 781. The van der Waals surface area contributed by atoms with Crippen LogP contribution in [0.4, 0.5) is 5.69 Å². The largest absolute Gasteiger partial charge is 0.332 e. The summed E-state index contributed by atoms with van der Waals surface area (Å²) in [6, 6.07) is 14.2. The van der Waals surface area contributed by atoms with Gasteiger partial charge in [-0.15, -0.1) is 0 Å². The van der Waals surface area contributed by atoms with Crippen LogP contribution in [0.1, 0.15) is 48.9 Å². The fraction of sp³-hybridized carbons (Fsp3) is 0.364. The van der Waals surface area contributed by atoms with Gasteiger partial charge in [0, 0.05) is 5.69 Å². The monoisotopic (exact) mass is 368 g/mol. The third-order valence-electron chi connectivity index (χ3n) is 4.61. The molecule has 0 heterocycles. The van der Waals surface area contributed by atoms with Gasteiger partial charge in [0.25, 0.3) is 0 Å². The Morgan fingerprint density at radius 2 is 1.69 bits per heavy atom. The van der Waals surface area contributed by atoms with E-state index >= 15 is 0 Å². The molecule has 0 spiro atoms. The molecule has 2 aromatic rings. The summed E-state index contributed by atoms with van der Waals surface area (Å²) in [4.78, 5) is 12.5. The molecule has 2 aromatic carbocycles. The van der Waals surface area contributed by atoms with E-state index < -0.39 is 0 Å². The van der Waals surface area contributed by atoms with E-state index in [1.165, 1.54) is 11.1 Å². The molecular formula is C22H28N2OS. The highest BCUT2D eigenvalue weighted by atomic mass is 32.1. The highest BCUT2D eigenvalue weighted by molar-refractivity contribution is 7.80. The van der Waals surface area contributed by atoms with Crippen molar-refractivity contribution in [3.63, 3.8) is 0 Å². The second kappa shape index (κ2) is 8.95. The molecule has 0 fully saturated rings. The van der Waals surface area contributed by atoms with Crippen LogP contribution in [-0.2, 0) is 11.2 Å². The highest BCUT2D eigenvalue weighted by Crippen LogP contribution is 2.19. The molecule has 1 unspecified atom stereocenters. The van der Waals surface area contributed by atoms with E-state index in [0.717, 1.165) is 23.2 Å². The van der Waals surface area contributed by atoms with E-state index in [0.29, 0.717) is 11.0 Å². The van der Waals surface area contributed by atoms with Crippen LogP contribution in [0.25, 0.3) is 0 Å². The number of carbonyl (C=O) groups is 1. The van der Waals surface area contributed by atoms with Gasteiger partial charge < -0.3 is 10.6 Å². The molecule has 26 heavy (non-hydrogen) atoms. The van der Waals surface area contributed by atoms with Crippen LogP contribution in [0.3, 0.4) is 0 Å². The Labute approximate surface area is 162 Å². The summed E-state index contributed by atoms with van der Waals surface area (Å²) in [6.45, 7) is 10.4. The smallest absolute Gasteiger partial charge is 0.233 e. The standard InChI is InChI=1S/C22H28N2OS/c1-14(2)13-18-9-11-19(12-10-18)17(5)21(25)24-22(26)23-20-8-6-7-15(3)16(20)4/h6-12,14,17H,13H2,1-5H3,(H2,23,24,25,26). The van der Waals surface area contributed by atoms with E-state index in [9.17, 15) is 4.79 Å². The summed E-state index contributed by atoms with van der Waals surface area (Å²) in [5, 5.41) is 6.25. The van der Waals surface area contributed by atoms with Crippen LogP contribution in [0.5, 0.6) is 0 Å². The average molecular weight is 369 g/mol. The maximum atomic E-state index is 12.5. The Morgan fingerprint density at radius 1 is 1.04 bits per heavy atom. The molecule has 138 valence electrons. The van der Waals surface area contributed by atoms with Gasteiger partial charge in [-0.1, -0.05) is 50.2 Å². The first kappa shape index (κ1) is 20.1. The number of carbonyl (C=O) groups excluding carboxylic acids is 1. The fourth-order valence-electron chi connectivity index (χ4n) is 2.83. The van der Waals surface area contributed by atoms with Gasteiger partial charge in [0.2, 0.25) is 5.91 Å². The third-order valence-corrected chi connectivity index (χ3v) is 4.81. The molecule has 1 amide bonds. The number of benzene rings is 2. The van der Waals surface area contributed by atoms with Crippen LogP contribution in [0, 0.1) is 19.8 Å². The van der Waals surface area contributed by atoms with Crippen molar-refractivity contribution in [2.45, 2.75) is 47.0 Å². The molecule has 0 aliphatic heterocycles. The van der Waals surface area contributed by atoms with Crippen molar-refractivity contribution < 1.29 is 4.79 Å². The predicted octanol–water partition coefficient (Wildman–Crippen LogP) is 5.12. The number of amides is 1. The van der Waals surface area contributed by atoms with Crippen LogP contribution in [0.2, 0.25) is 0 Å². The van der Waals surface area contributed by atoms with Gasteiger partial charge in [-0.25, -0.2) is 0 Å². The molecule has 0 radical (unpaired) electrons. The van der Waals surface area contributed by atoms with Gasteiger partial charge in [0.15, 0.2) is 5.11 Å². The minimum Gasteiger partial charge on any atom is -0.332 e. The molecule has 0 bridgehead atoms. The van der Waals surface area contributed by atoms with Crippen molar-refractivity contribution in [2.75, 3.05) is 5.32 Å². The van der Waals surface area contributed by atoms with Crippen molar-refractivity contribution >= 4 is 28.9 Å². The zero-order valence-corrected chi connectivity index (χ0v) is 17.0. The van der Waals surface area contributed by atoms with E-state index in [1.807, 2.05) is 51.1 Å². The number of hydrogen-bond donors (Lipinski definition) is 2. The molecule has 0 saturated heterocycles. The second-order valence-corrected chi connectivity index (χ2v) is 7.66. The second-order valence-electron chi connectivity index (χ2n) is 7.25. The maximum Gasteiger partial charge on any atom is 0.233 e. The van der Waals surface area contributed by atoms with Gasteiger partial charge in [0.05, 0.1) is 5.92 Å². The van der Waals surface area contributed by atoms with E-state index in [-0.39, 0.29) is 11.8 Å². The van der Waals surface area contributed by atoms with E-state index in [1.54, 1.807) is 0 Å². The summed E-state index contributed by atoms with van der Waals surface area (Å²) in [7, 11) is 0. The lowest BCUT2D eigenvalue weighted by atomic mass is 9.96. The molecule has 2 N–H and O–H groups in total. The Hall–Kier alpha value is -2.20. The van der Waals surface area contributed by atoms with Crippen molar-refractivity contribution in [2.24, 2.45) is 5.92 Å². The van der Waals surface area contributed by atoms with Crippen LogP contribution >= 0.6 is 12.2 Å². The summed E-state index contributed by atoms with van der Waals surface area (Å²) in [6.07, 6.45) is 1.05. The predicted molar refractivity (Wildman–Crippen MR) is 114 cm³/mol. The lowest BCUT2D eigenvalue weighted by molar-refractivity contribution is -0.120. The van der Waals surface area contributed by atoms with Crippen molar-refractivity contribution in [3.8, 4) is 0 Å². The SMILES string of the molecule is Cc1cccc(NC(=S)NC(=O)C(C)c2ccc(CC(C)C)cc2)c1C. The lowest BCUT2D eigenvalue weighted by Gasteiger charge is -2.16. The minimum atomic E-state index is -0.263. The molecule has 0 saturated carbocycles. The first-order valence-corrected chi connectivity index (χ1v) is 9.45. The number of anilines is 1. The van der Waals surface area contributed by atoms with Crippen molar-refractivity contribution in [1.82, 2.24) is 5.32 Å². The van der Waals surface area contributed by atoms with Crippen molar-refractivity contribution in [3.05, 3.63) is 64.7 Å². The van der Waals surface area contributed by atoms with E-state index in [4.69, 9.17) is 12.2 Å². The zero-order valence-electron chi connectivity index (χ0n) is 16.2. The molecular weight excluding hydrogens is 340 g/mol. The average Bonchev–Trinajstić information content (AvgIpc) is 2.58. The molecule has 2 rings (SSSR count). The number of hydrogen-bond acceptors (Lipinski definition) is 2. The quantitative estimate of drug-likeness (QED) is 0.720. The zero-order chi connectivity index (χ0) is 19.3. The van der Waals surface area contributed by atoms with Gasteiger partial charge in [-0.3, -0.25) is 4.79 Å². The van der Waals surface area contributed by atoms with Crippen LogP contribution in [-0.4, -0.2) is 11.0 Å². The third kappa shape index (κ3) is 5.40. The molecule has 0 aliphatic carbocycles. The minimum absolute atomic E-state index is 0.107. The maximum absolute atomic E-state index is 12.5. The van der Waals surface area contributed by atoms with Crippen LogP contribution < -0.4 is 10.6 Å². The molecule has 3 nitrogen and oxygen atoms in total. The Kier molecular flexibility index (Phi) is 6.92. The summed E-state index contributed by atoms with van der Waals surface area (Å²) in [5.41, 5.74) is 5.51. The van der Waals surface area contributed by atoms with E-state index in [2.05, 4.69) is 36.6 Å². The van der Waals surface area contributed by atoms with Crippen molar-refractivity contribution in [1.29, 1.82) is 0 Å². The van der Waals surface area contributed by atoms with Gasteiger partial charge in [-0.05, 0) is 73.6 Å². The Morgan fingerprint density at radius 3 is 2.31 bits per heavy atom. The first-order valence-electron chi connectivity index (χ1n) is 9.04. The molecule has 1 atom stereocenters. The van der Waals surface area contributed by atoms with Gasteiger partial charge in [-0.2, -0.15) is 0 Å². The number of nitrogens with one attached hydrogen (secondary N) is 2. The summed E-state index contributed by atoms with van der Waals surface area (Å²) in [5.74, 6) is 0.251. The van der Waals surface area contributed by atoms with Crippen LogP contribution in [0.15, 0.2) is 42.5 Å². The first-order chi connectivity index (χ1) is 12.3. The highest BCUT2D eigenvalue weighted by Gasteiger charge is 2.17. The number of rotatable bonds is 5. The lowest BCUT2D eigenvalue weighted by Crippen LogP contribution is -2.36. The van der Waals surface area contributed by atoms with Gasteiger partial charge >= 0.3 is 0 Å². The summed E-state index contributed by atoms with van der Waals surface area (Å²) >= 11 is 5.31. The number of aryl methyl sites for hydroxylation is 1.